The van der Waals surface area contributed by atoms with E-state index in [0.29, 0.717) is 11.5 Å². The minimum absolute atomic E-state index is 0.268. The van der Waals surface area contributed by atoms with Gasteiger partial charge in [0, 0.05) is 5.56 Å². The predicted molar refractivity (Wildman–Crippen MR) is 88.2 cm³/mol. The topological polar surface area (TPSA) is 70.9 Å². The third kappa shape index (κ3) is 2.48. The molecule has 0 aliphatic heterocycles. The number of hydrogen-bond acceptors (Lipinski definition) is 3. The van der Waals surface area contributed by atoms with Gasteiger partial charge in [0.05, 0.1) is 23.0 Å². The molecule has 112 valence electrons. The minimum atomic E-state index is -0.293. The summed E-state index contributed by atoms with van der Waals surface area (Å²) in [6.07, 6.45) is 1.47. The summed E-state index contributed by atoms with van der Waals surface area (Å²) in [5.74, 6) is 0.685. The Morgan fingerprint density at radius 2 is 1.83 bits per heavy atom. The van der Waals surface area contributed by atoms with Gasteiger partial charge in [-0.15, -0.1) is 0 Å². The Balaban J connectivity index is 1.73. The Labute approximate surface area is 132 Å². The van der Waals surface area contributed by atoms with E-state index in [1.807, 2.05) is 48.5 Å². The van der Waals surface area contributed by atoms with Gasteiger partial charge >= 0.3 is 0 Å². The first kappa shape index (κ1) is 13.3. The molecule has 0 saturated carbocycles. The molecule has 4 aromatic rings. The fourth-order valence-corrected chi connectivity index (χ4v) is 2.47. The Bertz CT molecular complexity index is 938. The van der Waals surface area contributed by atoms with E-state index in [1.54, 1.807) is 12.1 Å². The number of nitrogens with zero attached hydrogens (tertiary/aromatic N) is 1. The summed E-state index contributed by atoms with van der Waals surface area (Å²) < 4.78 is 5.13. The van der Waals surface area contributed by atoms with E-state index < -0.39 is 0 Å². The number of fused-ring (bicyclic) bond motifs is 1. The number of carbonyl (C=O) groups excluding carboxylic acids is 1. The number of benzene rings is 2. The van der Waals surface area contributed by atoms with Gasteiger partial charge in [0.15, 0.2) is 5.76 Å². The van der Waals surface area contributed by atoms with Crippen molar-refractivity contribution in [2.45, 2.75) is 0 Å². The number of para-hydroxylation sites is 3. The third-order valence-electron chi connectivity index (χ3n) is 3.56. The zero-order valence-corrected chi connectivity index (χ0v) is 12.1. The van der Waals surface area contributed by atoms with E-state index in [0.717, 1.165) is 16.6 Å². The number of carbonyl (C=O) groups is 1. The van der Waals surface area contributed by atoms with E-state index in [4.69, 9.17) is 4.42 Å². The molecule has 0 unspecified atom stereocenters. The molecule has 1 amide bonds. The lowest BCUT2D eigenvalue weighted by molar-refractivity contribution is 0.0996. The number of amides is 1. The van der Waals surface area contributed by atoms with Crippen molar-refractivity contribution in [3.63, 3.8) is 0 Å². The van der Waals surface area contributed by atoms with Crippen molar-refractivity contribution in [2.24, 2.45) is 0 Å². The van der Waals surface area contributed by atoms with E-state index >= 15 is 0 Å². The van der Waals surface area contributed by atoms with Crippen molar-refractivity contribution >= 4 is 22.6 Å². The van der Waals surface area contributed by atoms with Crippen LogP contribution < -0.4 is 5.32 Å². The molecule has 0 spiro atoms. The number of aromatic amines is 1. The van der Waals surface area contributed by atoms with Gasteiger partial charge in [-0.25, -0.2) is 4.98 Å². The molecule has 4 rings (SSSR count). The summed E-state index contributed by atoms with van der Waals surface area (Å²) >= 11 is 0. The number of rotatable bonds is 3. The molecular weight excluding hydrogens is 290 g/mol. The average Bonchev–Trinajstić information content (AvgIpc) is 3.25. The number of hydrogen-bond donors (Lipinski definition) is 2. The lowest BCUT2D eigenvalue weighted by atomic mass is 10.1. The maximum Gasteiger partial charge on any atom is 0.291 e. The third-order valence-corrected chi connectivity index (χ3v) is 3.56. The van der Waals surface area contributed by atoms with Crippen LogP contribution in [0, 0.1) is 0 Å². The highest BCUT2D eigenvalue weighted by molar-refractivity contribution is 6.04. The second-order valence-electron chi connectivity index (χ2n) is 5.08. The smallest absolute Gasteiger partial charge is 0.291 e. The SMILES string of the molecule is O=C(Nc1ccccc1-c1nc2ccccc2[nH]1)c1ccco1. The second-order valence-corrected chi connectivity index (χ2v) is 5.08. The van der Waals surface area contributed by atoms with Crippen LogP contribution in [-0.2, 0) is 0 Å². The van der Waals surface area contributed by atoms with Gasteiger partial charge in [-0.05, 0) is 36.4 Å². The first-order valence-electron chi connectivity index (χ1n) is 7.20. The maximum absolute atomic E-state index is 12.2. The molecule has 0 atom stereocenters. The average molecular weight is 303 g/mol. The van der Waals surface area contributed by atoms with Gasteiger partial charge < -0.3 is 14.7 Å². The van der Waals surface area contributed by atoms with Crippen LogP contribution in [0.1, 0.15) is 10.6 Å². The summed E-state index contributed by atoms with van der Waals surface area (Å²) in [5.41, 5.74) is 3.33. The quantitative estimate of drug-likeness (QED) is 0.599. The number of furan rings is 1. The number of aromatic nitrogens is 2. The number of nitrogens with one attached hydrogen (secondary N) is 2. The highest BCUT2D eigenvalue weighted by atomic mass is 16.3. The normalized spacial score (nSPS) is 10.8. The van der Waals surface area contributed by atoms with Gasteiger partial charge in [-0.1, -0.05) is 24.3 Å². The van der Waals surface area contributed by atoms with Gasteiger partial charge in [-0.3, -0.25) is 4.79 Å². The molecule has 0 bridgehead atoms. The molecule has 0 radical (unpaired) electrons. The first-order valence-corrected chi connectivity index (χ1v) is 7.20. The summed E-state index contributed by atoms with van der Waals surface area (Å²) in [4.78, 5) is 20.1. The van der Waals surface area contributed by atoms with Crippen molar-refractivity contribution in [1.29, 1.82) is 0 Å². The molecule has 0 saturated heterocycles. The van der Waals surface area contributed by atoms with Crippen LogP contribution in [0.3, 0.4) is 0 Å². The van der Waals surface area contributed by atoms with Crippen LogP contribution in [0.2, 0.25) is 0 Å². The fourth-order valence-electron chi connectivity index (χ4n) is 2.47. The van der Waals surface area contributed by atoms with E-state index in [9.17, 15) is 4.79 Å². The van der Waals surface area contributed by atoms with Crippen LogP contribution in [0.25, 0.3) is 22.4 Å². The Morgan fingerprint density at radius 1 is 1.00 bits per heavy atom. The highest BCUT2D eigenvalue weighted by Gasteiger charge is 2.14. The summed E-state index contributed by atoms with van der Waals surface area (Å²) in [5, 5.41) is 2.86. The van der Waals surface area contributed by atoms with Gasteiger partial charge in [-0.2, -0.15) is 0 Å². The second kappa shape index (κ2) is 5.46. The molecule has 2 heterocycles. The van der Waals surface area contributed by atoms with Crippen LogP contribution in [0.5, 0.6) is 0 Å². The van der Waals surface area contributed by atoms with Crippen LogP contribution in [-0.4, -0.2) is 15.9 Å². The van der Waals surface area contributed by atoms with Gasteiger partial charge in [0.25, 0.3) is 5.91 Å². The Kier molecular flexibility index (Phi) is 3.16. The van der Waals surface area contributed by atoms with Gasteiger partial charge in [0.2, 0.25) is 0 Å². The minimum Gasteiger partial charge on any atom is -0.459 e. The highest BCUT2D eigenvalue weighted by Crippen LogP contribution is 2.27. The van der Waals surface area contributed by atoms with Crippen LogP contribution in [0.4, 0.5) is 5.69 Å². The zero-order valence-electron chi connectivity index (χ0n) is 12.1. The molecule has 2 aromatic heterocycles. The molecule has 2 aromatic carbocycles. The van der Waals surface area contributed by atoms with Crippen molar-refractivity contribution < 1.29 is 9.21 Å². The maximum atomic E-state index is 12.2. The van der Waals surface area contributed by atoms with Crippen molar-refractivity contribution in [2.75, 3.05) is 5.32 Å². The lowest BCUT2D eigenvalue weighted by Crippen LogP contribution is -2.11. The Morgan fingerprint density at radius 3 is 2.65 bits per heavy atom. The first-order chi connectivity index (χ1) is 11.3. The van der Waals surface area contributed by atoms with Crippen molar-refractivity contribution in [1.82, 2.24) is 9.97 Å². The monoisotopic (exact) mass is 303 g/mol. The van der Waals surface area contributed by atoms with Crippen LogP contribution >= 0.6 is 0 Å². The molecule has 2 N–H and O–H groups in total. The molecule has 0 aliphatic rings. The summed E-state index contributed by atoms with van der Waals surface area (Å²) in [6, 6.07) is 18.6. The molecule has 5 heteroatoms. The number of imidazole rings is 1. The molecular formula is C18H13N3O2. The lowest BCUT2D eigenvalue weighted by Gasteiger charge is -2.08. The number of H-pyrrole nitrogens is 1. The Hall–Kier alpha value is -3.34. The zero-order chi connectivity index (χ0) is 15.6. The van der Waals surface area contributed by atoms with Crippen molar-refractivity contribution in [3.8, 4) is 11.4 Å². The van der Waals surface area contributed by atoms with E-state index in [2.05, 4.69) is 15.3 Å². The van der Waals surface area contributed by atoms with E-state index in [1.165, 1.54) is 6.26 Å². The van der Waals surface area contributed by atoms with E-state index in [-0.39, 0.29) is 11.7 Å². The van der Waals surface area contributed by atoms with Crippen LogP contribution in [0.15, 0.2) is 71.3 Å². The van der Waals surface area contributed by atoms with Gasteiger partial charge in [0.1, 0.15) is 5.82 Å². The molecule has 0 aliphatic carbocycles. The standard InChI is InChI=1S/C18H13N3O2/c22-18(16-10-5-11-23-16)21-13-7-2-1-6-12(13)17-19-14-8-3-4-9-15(14)20-17/h1-11H,(H,19,20)(H,21,22). The fraction of sp³-hybridized carbons (Fsp3) is 0. The predicted octanol–water partition coefficient (Wildman–Crippen LogP) is 4.08. The summed E-state index contributed by atoms with van der Waals surface area (Å²) in [6.45, 7) is 0. The molecule has 5 nitrogen and oxygen atoms in total. The summed E-state index contributed by atoms with van der Waals surface area (Å²) in [7, 11) is 0. The largest absolute Gasteiger partial charge is 0.459 e. The van der Waals surface area contributed by atoms with Crippen molar-refractivity contribution in [3.05, 3.63) is 72.7 Å². The molecule has 0 fully saturated rings. The molecule has 23 heavy (non-hydrogen) atoms. The number of anilines is 1.